The molecule has 0 bridgehead atoms. The number of hydrogen-bond donors (Lipinski definition) is 1. The predicted molar refractivity (Wildman–Crippen MR) is 167 cm³/mol. The maximum atomic E-state index is 15.9. The summed E-state index contributed by atoms with van der Waals surface area (Å²) in [5.74, 6) is -0.198. The van der Waals surface area contributed by atoms with E-state index in [2.05, 4.69) is 5.32 Å². The standard InChI is InChI=1S/C36H32NO2P/c1-28-17-15-16-26-33(28)37-36(2,30-20-9-4-10-21-30)35(27-34(38)29-18-7-3-8-19-29)40(39,31-22-11-5-12-23-31)32-24-13-6-14-25-32/h3-27,37H,1-2H3/b35-27-. The zero-order chi connectivity index (χ0) is 28.0. The van der Waals surface area contributed by atoms with Crippen molar-refractivity contribution in [2.45, 2.75) is 19.4 Å². The molecule has 3 nitrogen and oxygen atoms in total. The van der Waals surface area contributed by atoms with Gasteiger partial charge in [-0.05, 0) is 37.1 Å². The van der Waals surface area contributed by atoms with Gasteiger partial charge in [0.05, 0.1) is 5.54 Å². The monoisotopic (exact) mass is 541 g/mol. The van der Waals surface area contributed by atoms with E-state index in [1.54, 1.807) is 18.2 Å². The molecule has 4 heteroatoms. The van der Waals surface area contributed by atoms with Crippen molar-refractivity contribution in [2.24, 2.45) is 0 Å². The largest absolute Gasteiger partial charge is 0.371 e. The molecule has 0 heterocycles. The number of ketones is 1. The molecule has 40 heavy (non-hydrogen) atoms. The summed E-state index contributed by atoms with van der Waals surface area (Å²) in [5.41, 5.74) is 2.38. The molecule has 0 aliphatic carbocycles. The Bertz CT molecular complexity index is 1620. The van der Waals surface area contributed by atoms with Gasteiger partial charge >= 0.3 is 0 Å². The van der Waals surface area contributed by atoms with Gasteiger partial charge in [-0.3, -0.25) is 4.79 Å². The number of rotatable bonds is 9. The Kier molecular flexibility index (Phi) is 7.96. The summed E-state index contributed by atoms with van der Waals surface area (Å²) in [4.78, 5) is 13.9. The molecular formula is C36H32NO2P. The minimum atomic E-state index is -3.57. The number of hydrogen-bond acceptors (Lipinski definition) is 3. The highest BCUT2D eigenvalue weighted by Gasteiger charge is 2.44. The molecule has 1 atom stereocenters. The molecular weight excluding hydrogens is 509 g/mol. The molecule has 5 aromatic carbocycles. The van der Waals surface area contributed by atoms with E-state index in [4.69, 9.17) is 0 Å². The molecule has 0 spiro atoms. The van der Waals surface area contributed by atoms with Crippen LogP contribution in [0.15, 0.2) is 157 Å². The van der Waals surface area contributed by atoms with Crippen LogP contribution in [0.25, 0.3) is 0 Å². The van der Waals surface area contributed by atoms with Crippen molar-refractivity contribution >= 4 is 29.2 Å². The van der Waals surface area contributed by atoms with Crippen LogP contribution in [-0.2, 0) is 10.1 Å². The highest BCUT2D eigenvalue weighted by molar-refractivity contribution is 7.82. The first-order valence-corrected chi connectivity index (χ1v) is 15.1. The van der Waals surface area contributed by atoms with Gasteiger partial charge in [-0.25, -0.2) is 0 Å². The summed E-state index contributed by atoms with van der Waals surface area (Å²) >= 11 is 0. The maximum absolute atomic E-state index is 15.9. The molecule has 1 unspecified atom stereocenters. The van der Waals surface area contributed by atoms with Crippen LogP contribution in [0.5, 0.6) is 0 Å². The second-order valence-electron chi connectivity index (χ2n) is 9.97. The Morgan fingerprint density at radius 1 is 0.650 bits per heavy atom. The zero-order valence-corrected chi connectivity index (χ0v) is 23.6. The number of benzene rings is 5. The minimum Gasteiger partial charge on any atom is -0.371 e. The third-order valence-corrected chi connectivity index (χ3v) is 10.6. The van der Waals surface area contributed by atoms with Crippen molar-refractivity contribution in [3.05, 3.63) is 174 Å². The Labute approximate surface area is 236 Å². The van der Waals surface area contributed by atoms with Gasteiger partial charge in [0.1, 0.15) is 0 Å². The normalized spacial score (nSPS) is 13.3. The highest BCUT2D eigenvalue weighted by Crippen LogP contribution is 2.59. The highest BCUT2D eigenvalue weighted by atomic mass is 31.2. The van der Waals surface area contributed by atoms with Crippen LogP contribution >= 0.6 is 7.14 Å². The van der Waals surface area contributed by atoms with Crippen LogP contribution in [0.3, 0.4) is 0 Å². The summed E-state index contributed by atoms with van der Waals surface area (Å²) in [6.07, 6.45) is 1.61. The summed E-state index contributed by atoms with van der Waals surface area (Å²) < 4.78 is 15.9. The first-order valence-electron chi connectivity index (χ1n) is 13.4. The van der Waals surface area contributed by atoms with Gasteiger partial charge in [-0.1, -0.05) is 140 Å². The van der Waals surface area contributed by atoms with E-state index in [1.807, 2.05) is 147 Å². The molecule has 0 aliphatic heterocycles. The second-order valence-corrected chi connectivity index (χ2v) is 12.7. The van der Waals surface area contributed by atoms with Crippen molar-refractivity contribution in [3.63, 3.8) is 0 Å². The fourth-order valence-electron chi connectivity index (χ4n) is 5.10. The van der Waals surface area contributed by atoms with Crippen molar-refractivity contribution in [2.75, 3.05) is 5.32 Å². The van der Waals surface area contributed by atoms with E-state index in [9.17, 15) is 4.79 Å². The Balaban J connectivity index is 1.86. The first-order chi connectivity index (χ1) is 19.4. The van der Waals surface area contributed by atoms with E-state index in [0.29, 0.717) is 21.5 Å². The molecule has 0 saturated heterocycles. The van der Waals surface area contributed by atoms with Crippen molar-refractivity contribution in [3.8, 4) is 0 Å². The predicted octanol–water partition coefficient (Wildman–Crippen LogP) is 8.10. The lowest BCUT2D eigenvalue weighted by molar-refractivity contribution is 0.104. The van der Waals surface area contributed by atoms with Crippen LogP contribution in [0.1, 0.15) is 28.4 Å². The van der Waals surface area contributed by atoms with E-state index < -0.39 is 12.7 Å². The molecule has 0 amide bonds. The SMILES string of the molecule is Cc1ccccc1NC(C)(/C(=C/C(=O)c1ccccc1)P(=O)(c1ccccc1)c1ccccc1)c1ccccc1. The molecule has 0 aromatic heterocycles. The molecule has 1 N–H and O–H groups in total. The number of aryl methyl sites for hydroxylation is 1. The first kappa shape index (κ1) is 27.1. The van der Waals surface area contributed by atoms with E-state index in [1.165, 1.54) is 0 Å². The summed E-state index contributed by atoms with van der Waals surface area (Å²) in [6.45, 7) is 4.07. The Morgan fingerprint density at radius 2 is 1.10 bits per heavy atom. The molecule has 5 aromatic rings. The number of para-hydroxylation sites is 1. The van der Waals surface area contributed by atoms with Gasteiger partial charge in [0.15, 0.2) is 12.9 Å². The molecule has 0 saturated carbocycles. The van der Waals surface area contributed by atoms with Gasteiger partial charge < -0.3 is 9.88 Å². The van der Waals surface area contributed by atoms with Gasteiger partial charge in [0.2, 0.25) is 0 Å². The lowest BCUT2D eigenvalue weighted by atomic mass is 9.89. The number of carbonyl (C=O) groups excluding carboxylic acids is 1. The number of nitrogens with one attached hydrogen (secondary N) is 1. The average molecular weight is 542 g/mol. The van der Waals surface area contributed by atoms with Gasteiger partial charge in [-0.2, -0.15) is 0 Å². The van der Waals surface area contributed by atoms with Gasteiger partial charge in [0.25, 0.3) is 0 Å². The Hall–Kier alpha value is -4.46. The smallest absolute Gasteiger partial charge is 0.186 e. The van der Waals surface area contributed by atoms with Crippen LogP contribution in [-0.4, -0.2) is 5.78 Å². The minimum absolute atomic E-state index is 0.198. The second kappa shape index (κ2) is 11.7. The number of carbonyl (C=O) groups is 1. The van der Waals surface area contributed by atoms with Crippen molar-refractivity contribution in [1.82, 2.24) is 0 Å². The lowest BCUT2D eigenvalue weighted by Crippen LogP contribution is -2.38. The maximum Gasteiger partial charge on any atom is 0.186 e. The molecule has 5 rings (SSSR count). The van der Waals surface area contributed by atoms with Crippen LogP contribution in [0, 0.1) is 6.92 Å². The Morgan fingerprint density at radius 3 is 1.62 bits per heavy atom. The van der Waals surface area contributed by atoms with E-state index in [0.717, 1.165) is 16.8 Å². The number of allylic oxidation sites excluding steroid dienone is 1. The molecule has 0 radical (unpaired) electrons. The van der Waals surface area contributed by atoms with Crippen LogP contribution in [0.2, 0.25) is 0 Å². The van der Waals surface area contributed by atoms with Crippen molar-refractivity contribution < 1.29 is 9.36 Å². The summed E-state index contributed by atoms with van der Waals surface area (Å²) in [5, 5.41) is 5.60. The fraction of sp³-hybridized carbons (Fsp3) is 0.0833. The molecule has 0 fully saturated rings. The van der Waals surface area contributed by atoms with Crippen molar-refractivity contribution in [1.29, 1.82) is 0 Å². The van der Waals surface area contributed by atoms with Gasteiger partial charge in [-0.15, -0.1) is 0 Å². The zero-order valence-electron chi connectivity index (χ0n) is 22.7. The third kappa shape index (κ3) is 5.34. The summed E-state index contributed by atoms with van der Waals surface area (Å²) in [7, 11) is -3.57. The topological polar surface area (TPSA) is 46.2 Å². The van der Waals surface area contributed by atoms with Gasteiger partial charge in [0, 0.05) is 27.2 Å². The molecule has 0 aliphatic rings. The number of anilines is 1. The fourth-order valence-corrected chi connectivity index (χ4v) is 8.25. The quantitative estimate of drug-likeness (QED) is 0.117. The lowest BCUT2D eigenvalue weighted by Gasteiger charge is -2.39. The average Bonchev–Trinajstić information content (AvgIpc) is 3.02. The van der Waals surface area contributed by atoms with E-state index in [-0.39, 0.29) is 5.78 Å². The summed E-state index contributed by atoms with van der Waals surface area (Å²) in [6, 6.07) is 46.2. The molecule has 198 valence electrons. The third-order valence-electron chi connectivity index (χ3n) is 7.30. The van der Waals surface area contributed by atoms with Crippen LogP contribution in [0.4, 0.5) is 5.69 Å². The van der Waals surface area contributed by atoms with E-state index >= 15 is 4.57 Å². The van der Waals surface area contributed by atoms with Crippen LogP contribution < -0.4 is 15.9 Å².